The van der Waals surface area contributed by atoms with Gasteiger partial charge in [0.25, 0.3) is 0 Å². The van der Waals surface area contributed by atoms with Crippen LogP contribution in [0.15, 0.2) is 22.8 Å². The van der Waals surface area contributed by atoms with Crippen LogP contribution in [0.25, 0.3) is 0 Å². The number of hydrogen-bond donors (Lipinski definition) is 1. The van der Waals surface area contributed by atoms with E-state index in [1.165, 1.54) is 0 Å². The fraction of sp³-hybridized carbons (Fsp3) is 0.545. The average molecular weight is 292 g/mol. The number of nitrogens with zero attached hydrogens (tertiary/aromatic N) is 1. The van der Waals surface area contributed by atoms with Crippen LogP contribution in [-0.4, -0.2) is 16.9 Å². The maximum absolute atomic E-state index is 6.17. The van der Waals surface area contributed by atoms with Crippen molar-refractivity contribution in [1.82, 2.24) is 4.98 Å². The molecule has 1 atom stereocenters. The third-order valence-corrected chi connectivity index (χ3v) is 2.95. The van der Waals surface area contributed by atoms with E-state index in [4.69, 9.17) is 11.6 Å². The van der Waals surface area contributed by atoms with Crippen molar-refractivity contribution < 1.29 is 0 Å². The lowest BCUT2D eigenvalue weighted by molar-refractivity contribution is 0.572. The molecule has 0 aliphatic carbocycles. The molecular weight excluding hydrogens is 275 g/mol. The molecule has 1 N–H and O–H groups in total. The molecule has 0 aliphatic rings. The fourth-order valence-corrected chi connectivity index (χ4v) is 2.15. The summed E-state index contributed by atoms with van der Waals surface area (Å²) in [6.45, 7) is 5.09. The number of nitrogens with one attached hydrogen (secondary N) is 1. The van der Waals surface area contributed by atoms with Gasteiger partial charge in [0.1, 0.15) is 5.82 Å². The molecule has 0 saturated carbocycles. The highest BCUT2D eigenvalue weighted by Crippen LogP contribution is 2.19. The largest absolute Gasteiger partial charge is 0.368 e. The Bertz CT molecular complexity index is 304. The maximum atomic E-state index is 6.17. The van der Waals surface area contributed by atoms with Gasteiger partial charge in [0.15, 0.2) is 0 Å². The molecule has 15 heavy (non-hydrogen) atoms. The van der Waals surface area contributed by atoms with E-state index in [9.17, 15) is 0 Å². The van der Waals surface area contributed by atoms with Gasteiger partial charge < -0.3 is 5.32 Å². The minimum Gasteiger partial charge on any atom is -0.368 e. The standard InChI is InChI=1S/C11H16BrClN2/c1-8(2)6-9(13)7-15-11-10(12)4-3-5-14-11/h3-5,8-9H,6-7H2,1-2H3,(H,14,15). The molecule has 1 aromatic heterocycles. The second-order valence-electron chi connectivity index (χ2n) is 3.94. The van der Waals surface area contributed by atoms with Gasteiger partial charge in [-0.25, -0.2) is 4.98 Å². The van der Waals surface area contributed by atoms with Crippen LogP contribution in [0.5, 0.6) is 0 Å². The molecule has 1 aromatic rings. The normalized spacial score (nSPS) is 12.9. The lowest BCUT2D eigenvalue weighted by Crippen LogP contribution is -2.17. The van der Waals surface area contributed by atoms with Gasteiger partial charge in [-0.05, 0) is 40.4 Å². The molecule has 0 spiro atoms. The maximum Gasteiger partial charge on any atom is 0.140 e. The van der Waals surface area contributed by atoms with Gasteiger partial charge in [-0.1, -0.05) is 13.8 Å². The van der Waals surface area contributed by atoms with Crippen molar-refractivity contribution in [2.45, 2.75) is 25.6 Å². The Hall–Kier alpha value is -0.280. The fourth-order valence-electron chi connectivity index (χ4n) is 1.32. The molecule has 1 rings (SSSR count). The summed E-state index contributed by atoms with van der Waals surface area (Å²) in [5.74, 6) is 1.48. The van der Waals surface area contributed by atoms with Gasteiger partial charge in [-0.15, -0.1) is 11.6 Å². The first kappa shape index (κ1) is 12.8. The number of aromatic nitrogens is 1. The number of alkyl halides is 1. The van der Waals surface area contributed by atoms with Crippen LogP contribution >= 0.6 is 27.5 Å². The van der Waals surface area contributed by atoms with E-state index in [0.29, 0.717) is 5.92 Å². The van der Waals surface area contributed by atoms with E-state index in [0.717, 1.165) is 23.3 Å². The third-order valence-electron chi connectivity index (χ3n) is 1.98. The third kappa shape index (κ3) is 4.85. The van der Waals surface area contributed by atoms with Crippen molar-refractivity contribution in [2.75, 3.05) is 11.9 Å². The van der Waals surface area contributed by atoms with Crippen molar-refractivity contribution in [2.24, 2.45) is 5.92 Å². The molecule has 0 fully saturated rings. The molecule has 0 radical (unpaired) electrons. The highest BCUT2D eigenvalue weighted by atomic mass is 79.9. The van der Waals surface area contributed by atoms with E-state index in [1.54, 1.807) is 6.20 Å². The molecule has 2 nitrogen and oxygen atoms in total. The van der Waals surface area contributed by atoms with Crippen LogP contribution in [0.2, 0.25) is 0 Å². The molecule has 1 unspecified atom stereocenters. The lowest BCUT2D eigenvalue weighted by atomic mass is 10.1. The van der Waals surface area contributed by atoms with Crippen molar-refractivity contribution >= 4 is 33.3 Å². The minimum absolute atomic E-state index is 0.152. The Morgan fingerprint density at radius 1 is 1.53 bits per heavy atom. The molecule has 84 valence electrons. The van der Waals surface area contributed by atoms with Gasteiger partial charge in [0.2, 0.25) is 0 Å². The van der Waals surface area contributed by atoms with E-state index in [1.807, 2.05) is 12.1 Å². The monoisotopic (exact) mass is 290 g/mol. The summed E-state index contributed by atoms with van der Waals surface area (Å²) in [5.41, 5.74) is 0. The summed E-state index contributed by atoms with van der Waals surface area (Å²) in [6, 6.07) is 3.85. The van der Waals surface area contributed by atoms with Crippen LogP contribution in [0, 0.1) is 5.92 Å². The smallest absolute Gasteiger partial charge is 0.140 e. The van der Waals surface area contributed by atoms with E-state index in [2.05, 4.69) is 40.1 Å². The van der Waals surface area contributed by atoms with E-state index < -0.39 is 0 Å². The summed E-state index contributed by atoms with van der Waals surface area (Å²) in [4.78, 5) is 4.21. The number of anilines is 1. The summed E-state index contributed by atoms with van der Waals surface area (Å²) in [5, 5.41) is 3.38. The Morgan fingerprint density at radius 3 is 2.87 bits per heavy atom. The number of rotatable bonds is 5. The number of pyridine rings is 1. The van der Waals surface area contributed by atoms with E-state index >= 15 is 0 Å². The highest BCUT2D eigenvalue weighted by molar-refractivity contribution is 9.10. The van der Waals surface area contributed by atoms with Crippen LogP contribution < -0.4 is 5.32 Å². The quantitative estimate of drug-likeness (QED) is 0.832. The lowest BCUT2D eigenvalue weighted by Gasteiger charge is -2.13. The molecule has 0 aliphatic heterocycles. The topological polar surface area (TPSA) is 24.9 Å². The molecule has 0 bridgehead atoms. The first-order chi connectivity index (χ1) is 7.09. The van der Waals surface area contributed by atoms with Gasteiger partial charge >= 0.3 is 0 Å². The van der Waals surface area contributed by atoms with Crippen LogP contribution in [0.1, 0.15) is 20.3 Å². The van der Waals surface area contributed by atoms with Crippen molar-refractivity contribution in [3.05, 3.63) is 22.8 Å². The highest BCUT2D eigenvalue weighted by Gasteiger charge is 2.08. The number of hydrogen-bond acceptors (Lipinski definition) is 2. The minimum atomic E-state index is 0.152. The van der Waals surface area contributed by atoms with Crippen molar-refractivity contribution in [1.29, 1.82) is 0 Å². The predicted octanol–water partition coefficient (Wildman–Crippen LogP) is 3.91. The first-order valence-corrected chi connectivity index (χ1v) is 6.31. The molecule has 0 saturated heterocycles. The Morgan fingerprint density at radius 2 is 2.27 bits per heavy atom. The SMILES string of the molecule is CC(C)CC(Cl)CNc1ncccc1Br. The molecular formula is C11H16BrClN2. The van der Waals surface area contributed by atoms with Crippen LogP contribution in [0.3, 0.4) is 0 Å². The van der Waals surface area contributed by atoms with Crippen LogP contribution in [-0.2, 0) is 0 Å². The van der Waals surface area contributed by atoms with E-state index in [-0.39, 0.29) is 5.38 Å². The predicted molar refractivity (Wildman–Crippen MR) is 69.5 cm³/mol. The Labute approximate surface area is 105 Å². The average Bonchev–Trinajstić information content (AvgIpc) is 2.15. The second kappa shape index (κ2) is 6.33. The molecule has 0 aromatic carbocycles. The zero-order valence-electron chi connectivity index (χ0n) is 9.00. The zero-order valence-corrected chi connectivity index (χ0v) is 11.3. The van der Waals surface area contributed by atoms with Gasteiger partial charge in [0, 0.05) is 12.7 Å². The Kier molecular flexibility index (Phi) is 5.40. The van der Waals surface area contributed by atoms with Gasteiger partial charge in [-0.2, -0.15) is 0 Å². The zero-order chi connectivity index (χ0) is 11.3. The summed E-state index contributed by atoms with van der Waals surface area (Å²) >= 11 is 9.60. The van der Waals surface area contributed by atoms with Gasteiger partial charge in [-0.3, -0.25) is 0 Å². The molecule has 0 amide bonds. The first-order valence-electron chi connectivity index (χ1n) is 5.08. The van der Waals surface area contributed by atoms with Gasteiger partial charge in [0.05, 0.1) is 9.85 Å². The van der Waals surface area contributed by atoms with Crippen molar-refractivity contribution in [3.63, 3.8) is 0 Å². The number of halogens is 2. The summed E-state index contributed by atoms with van der Waals surface area (Å²) in [6.07, 6.45) is 2.78. The van der Waals surface area contributed by atoms with Crippen molar-refractivity contribution in [3.8, 4) is 0 Å². The second-order valence-corrected chi connectivity index (χ2v) is 5.41. The van der Waals surface area contributed by atoms with Crippen LogP contribution in [0.4, 0.5) is 5.82 Å². The molecule has 1 heterocycles. The summed E-state index contributed by atoms with van der Waals surface area (Å²) in [7, 11) is 0. The molecule has 4 heteroatoms. The summed E-state index contributed by atoms with van der Waals surface area (Å²) < 4.78 is 0.971. The Balaban J connectivity index is 2.40.